The molecule has 0 aliphatic carbocycles. The minimum absolute atomic E-state index is 0.117. The number of nitrogen functional groups attached to an aromatic ring is 1. The van der Waals surface area contributed by atoms with E-state index in [9.17, 15) is 9.59 Å². The van der Waals surface area contributed by atoms with Gasteiger partial charge in [-0.05, 0) is 45.0 Å². The van der Waals surface area contributed by atoms with Crippen LogP contribution in [0.5, 0.6) is 0 Å². The number of nitrogens with zero attached hydrogens (tertiary/aromatic N) is 6. The first kappa shape index (κ1) is 20.8. The van der Waals surface area contributed by atoms with Gasteiger partial charge in [-0.1, -0.05) is 5.21 Å². The van der Waals surface area contributed by atoms with Crippen molar-refractivity contribution in [2.45, 2.75) is 32.9 Å². The van der Waals surface area contributed by atoms with Crippen LogP contribution in [0.2, 0.25) is 0 Å². The minimum atomic E-state index is -0.593. The van der Waals surface area contributed by atoms with Crippen molar-refractivity contribution < 1.29 is 14.3 Å². The van der Waals surface area contributed by atoms with Crippen LogP contribution in [0.15, 0.2) is 36.7 Å². The van der Waals surface area contributed by atoms with Gasteiger partial charge in [0.15, 0.2) is 5.69 Å². The number of nitrogens with one attached hydrogen (secondary N) is 2. The Morgan fingerprint density at radius 3 is 2.53 bits per heavy atom. The number of hydrogen-bond donors (Lipinski definition) is 3. The van der Waals surface area contributed by atoms with E-state index in [1.54, 1.807) is 56.0 Å². The highest BCUT2D eigenvalue weighted by Gasteiger charge is 2.16. The van der Waals surface area contributed by atoms with Crippen LogP contribution in [-0.4, -0.2) is 47.8 Å². The number of ether oxygens (including phenoxy) is 1. The molecule has 30 heavy (non-hydrogen) atoms. The highest BCUT2D eigenvalue weighted by molar-refractivity contribution is 5.91. The molecule has 0 atom stereocenters. The molecule has 3 aromatic heterocycles. The predicted molar refractivity (Wildman–Crippen MR) is 106 cm³/mol. The number of nitrogens with two attached hydrogens (primary N) is 1. The monoisotopic (exact) mass is 411 g/mol. The van der Waals surface area contributed by atoms with Gasteiger partial charge in [-0.15, -0.1) is 10.2 Å². The zero-order valence-corrected chi connectivity index (χ0v) is 16.7. The number of aromatic nitrogens is 6. The molecule has 0 saturated heterocycles. The van der Waals surface area contributed by atoms with Crippen LogP contribution in [-0.2, 0) is 11.3 Å². The molecule has 0 spiro atoms. The number of hydrazine groups is 1. The van der Waals surface area contributed by atoms with E-state index in [0.29, 0.717) is 23.8 Å². The highest BCUT2D eigenvalue weighted by atomic mass is 16.6. The molecule has 0 unspecified atom stereocenters. The largest absolute Gasteiger partial charge is 0.444 e. The second-order valence-electron chi connectivity index (χ2n) is 7.24. The van der Waals surface area contributed by atoms with E-state index >= 15 is 0 Å². The maximum atomic E-state index is 11.8. The molecule has 3 heterocycles. The van der Waals surface area contributed by atoms with E-state index in [1.807, 2.05) is 5.43 Å². The van der Waals surface area contributed by atoms with E-state index in [1.165, 1.54) is 6.07 Å². The molecule has 156 valence electrons. The summed E-state index contributed by atoms with van der Waals surface area (Å²) in [5, 5.41) is 18.5. The van der Waals surface area contributed by atoms with Crippen molar-refractivity contribution in [1.29, 1.82) is 0 Å². The van der Waals surface area contributed by atoms with Crippen LogP contribution in [0.4, 0.5) is 10.6 Å². The van der Waals surface area contributed by atoms with Gasteiger partial charge < -0.3 is 4.74 Å². The molecule has 0 bridgehead atoms. The number of hydrogen-bond acceptors (Lipinski definition) is 9. The first-order valence-electron chi connectivity index (χ1n) is 8.93. The molecular formula is C18H21N9O3. The van der Waals surface area contributed by atoms with Gasteiger partial charge >= 0.3 is 6.09 Å². The molecule has 0 fully saturated rings. The number of amides is 2. The quantitative estimate of drug-likeness (QED) is 0.317. The van der Waals surface area contributed by atoms with Crippen molar-refractivity contribution in [2.75, 3.05) is 5.32 Å². The predicted octanol–water partition coefficient (Wildman–Crippen LogP) is 1.13. The summed E-state index contributed by atoms with van der Waals surface area (Å²) in [5.41, 5.74) is 3.42. The fourth-order valence-corrected chi connectivity index (χ4v) is 2.34. The third-order valence-corrected chi connectivity index (χ3v) is 3.63. The average Bonchev–Trinajstić information content (AvgIpc) is 3.15. The van der Waals surface area contributed by atoms with Gasteiger partial charge in [-0.2, -0.15) is 5.10 Å². The topological polar surface area (TPSA) is 163 Å². The molecule has 12 nitrogen and oxygen atoms in total. The van der Waals surface area contributed by atoms with Crippen molar-refractivity contribution in [2.24, 2.45) is 5.84 Å². The van der Waals surface area contributed by atoms with Crippen LogP contribution in [0, 0.1) is 0 Å². The molecular weight excluding hydrogens is 390 g/mol. The lowest BCUT2D eigenvalue weighted by Crippen LogP contribution is -2.31. The fourth-order valence-electron chi connectivity index (χ4n) is 2.34. The lowest BCUT2D eigenvalue weighted by atomic mass is 10.2. The Bertz CT molecular complexity index is 1020. The summed E-state index contributed by atoms with van der Waals surface area (Å²) in [5.74, 6) is 4.90. The molecule has 0 aliphatic rings. The van der Waals surface area contributed by atoms with E-state index < -0.39 is 17.6 Å². The molecule has 0 aliphatic heterocycles. The number of carbonyl (C=O) groups excluding carboxylic acids is 2. The van der Waals surface area contributed by atoms with Gasteiger partial charge in [-0.3, -0.25) is 15.5 Å². The van der Waals surface area contributed by atoms with E-state index in [0.717, 1.165) is 5.56 Å². The van der Waals surface area contributed by atoms with Crippen LogP contribution in [0.1, 0.15) is 37.0 Å². The molecule has 3 rings (SSSR count). The number of pyridine rings is 1. The summed E-state index contributed by atoms with van der Waals surface area (Å²) in [4.78, 5) is 27.4. The summed E-state index contributed by atoms with van der Waals surface area (Å²) in [7, 11) is 0. The lowest BCUT2D eigenvalue weighted by molar-refractivity contribution is 0.0635. The molecule has 4 N–H and O–H groups in total. The van der Waals surface area contributed by atoms with Gasteiger partial charge in [0.05, 0.1) is 18.4 Å². The summed E-state index contributed by atoms with van der Waals surface area (Å²) >= 11 is 0. The number of anilines is 1. The third kappa shape index (κ3) is 5.54. The second-order valence-corrected chi connectivity index (χ2v) is 7.24. The zero-order valence-electron chi connectivity index (χ0n) is 16.7. The number of carbonyl (C=O) groups is 2. The molecule has 0 radical (unpaired) electrons. The first-order valence-corrected chi connectivity index (χ1v) is 8.93. The summed E-state index contributed by atoms with van der Waals surface area (Å²) in [6.07, 6.45) is 2.71. The molecule has 3 aromatic rings. The van der Waals surface area contributed by atoms with Crippen molar-refractivity contribution in [3.63, 3.8) is 0 Å². The van der Waals surface area contributed by atoms with Crippen molar-refractivity contribution in [3.05, 3.63) is 48.0 Å². The molecule has 0 aromatic carbocycles. The van der Waals surface area contributed by atoms with Crippen LogP contribution in [0.25, 0.3) is 11.3 Å². The smallest absolute Gasteiger partial charge is 0.413 e. The second kappa shape index (κ2) is 8.61. The fraction of sp³-hybridized carbons (Fsp3) is 0.278. The Morgan fingerprint density at radius 2 is 1.93 bits per heavy atom. The summed E-state index contributed by atoms with van der Waals surface area (Å²) in [6, 6.07) is 6.57. The maximum absolute atomic E-state index is 11.8. The summed E-state index contributed by atoms with van der Waals surface area (Å²) in [6.45, 7) is 5.66. The van der Waals surface area contributed by atoms with Crippen molar-refractivity contribution in [1.82, 2.24) is 35.6 Å². The Balaban J connectivity index is 1.63. The highest BCUT2D eigenvalue weighted by Crippen LogP contribution is 2.17. The summed E-state index contributed by atoms with van der Waals surface area (Å²) < 4.78 is 6.77. The Kier molecular flexibility index (Phi) is 5.97. The van der Waals surface area contributed by atoms with Gasteiger partial charge in [0, 0.05) is 11.8 Å². The Labute approximate surface area is 171 Å². The number of rotatable bonds is 5. The Morgan fingerprint density at radius 1 is 1.13 bits per heavy atom. The molecule has 2 amide bonds. The van der Waals surface area contributed by atoms with Crippen molar-refractivity contribution in [3.8, 4) is 11.3 Å². The van der Waals surface area contributed by atoms with Crippen LogP contribution >= 0.6 is 0 Å². The van der Waals surface area contributed by atoms with Crippen LogP contribution < -0.4 is 16.6 Å². The molecule has 12 heteroatoms. The first-order chi connectivity index (χ1) is 14.2. The standard InChI is InChI=1S/C18H21N9O3/c1-18(2,3)30-17(29)21-15-7-4-11(8-20-15)14-10-27(26-25-14)9-12-5-6-13(24-23-12)16(28)22-19/h4-8,10H,9,19H2,1-3H3,(H,22,28)(H,20,21,29). The average molecular weight is 411 g/mol. The SMILES string of the molecule is CC(C)(C)OC(=O)Nc1ccc(-c2cn(Cc3ccc(C(=O)NN)nn3)nn2)cn1. The van der Waals surface area contributed by atoms with Gasteiger partial charge in [0.25, 0.3) is 5.91 Å². The van der Waals surface area contributed by atoms with Gasteiger partial charge in [0.1, 0.15) is 17.1 Å². The van der Waals surface area contributed by atoms with Gasteiger partial charge in [-0.25, -0.2) is 20.3 Å². The maximum Gasteiger partial charge on any atom is 0.413 e. The van der Waals surface area contributed by atoms with Gasteiger partial charge in [0.2, 0.25) is 0 Å². The lowest BCUT2D eigenvalue weighted by Gasteiger charge is -2.19. The zero-order chi connectivity index (χ0) is 21.7. The Hall–Kier alpha value is -3.93. The molecule has 0 saturated carbocycles. The normalized spacial score (nSPS) is 11.1. The van der Waals surface area contributed by atoms with E-state index in [-0.39, 0.29) is 5.69 Å². The van der Waals surface area contributed by atoms with Crippen molar-refractivity contribution >= 4 is 17.8 Å². The third-order valence-electron chi connectivity index (χ3n) is 3.63. The van der Waals surface area contributed by atoms with E-state index in [4.69, 9.17) is 10.6 Å². The van der Waals surface area contributed by atoms with E-state index in [2.05, 4.69) is 30.8 Å². The van der Waals surface area contributed by atoms with Crippen LogP contribution in [0.3, 0.4) is 0 Å². The minimum Gasteiger partial charge on any atom is -0.444 e.